The van der Waals surface area contributed by atoms with Crippen molar-refractivity contribution < 1.29 is 14.3 Å². The average molecular weight is 580 g/mol. The van der Waals surface area contributed by atoms with Gasteiger partial charge in [0, 0.05) is 68.6 Å². The van der Waals surface area contributed by atoms with E-state index < -0.39 is 0 Å². The Labute approximate surface area is 248 Å². The van der Waals surface area contributed by atoms with Crippen LogP contribution in [-0.4, -0.2) is 45.7 Å². The first-order valence-electron chi connectivity index (χ1n) is 14.2. The maximum Gasteiger partial charge on any atom is 0.251 e. The van der Waals surface area contributed by atoms with Crippen molar-refractivity contribution in [3.8, 4) is 22.8 Å². The number of carbonyl (C=O) groups excluding carboxylic acids is 1. The molecule has 0 saturated heterocycles. The topological polar surface area (TPSA) is 155 Å². The molecular weight excluding hydrogens is 546 g/mol. The first kappa shape index (κ1) is 27.9. The van der Waals surface area contributed by atoms with Gasteiger partial charge in [-0.25, -0.2) is 9.97 Å². The second-order valence-corrected chi connectivity index (χ2v) is 10.9. The second-order valence-electron chi connectivity index (χ2n) is 10.9. The number of aromatic amines is 1. The number of carbonyl (C=O) groups is 1. The third kappa shape index (κ3) is 5.40. The molecule has 12 heteroatoms. The summed E-state index contributed by atoms with van der Waals surface area (Å²) in [5.41, 5.74) is 14.8. The summed E-state index contributed by atoms with van der Waals surface area (Å²) in [5.74, 6) is 1.95. The molecule has 3 aromatic heterocycles. The van der Waals surface area contributed by atoms with Crippen molar-refractivity contribution in [2.75, 3.05) is 19.5 Å². The van der Waals surface area contributed by atoms with Crippen LogP contribution in [-0.2, 0) is 13.1 Å². The zero-order valence-corrected chi connectivity index (χ0v) is 24.5. The molecule has 2 aromatic carbocycles. The number of anilines is 1. The van der Waals surface area contributed by atoms with E-state index in [1.54, 1.807) is 14.2 Å². The number of aromatic nitrogens is 4. The molecule has 6 rings (SSSR count). The molecule has 220 valence electrons. The monoisotopic (exact) mass is 579 g/mol. The number of ether oxygens (including phenoxy) is 2. The van der Waals surface area contributed by atoms with E-state index in [2.05, 4.69) is 54.0 Å². The molecule has 3 N–H and O–H groups in total. The second kappa shape index (κ2) is 11.6. The molecule has 1 fully saturated rings. The fraction of sp³-hybridized carbons (Fsp3) is 0.323. The van der Waals surface area contributed by atoms with Gasteiger partial charge in [0.25, 0.3) is 5.91 Å². The van der Waals surface area contributed by atoms with E-state index in [1.165, 1.54) is 6.33 Å². The van der Waals surface area contributed by atoms with E-state index in [1.807, 2.05) is 42.5 Å². The molecule has 0 radical (unpaired) electrons. The van der Waals surface area contributed by atoms with Gasteiger partial charge in [0.2, 0.25) is 0 Å². The summed E-state index contributed by atoms with van der Waals surface area (Å²) in [7, 11) is 3.24. The first-order chi connectivity index (χ1) is 20.9. The number of nitrogens with one attached hydrogen (secondary N) is 3. The van der Waals surface area contributed by atoms with Crippen molar-refractivity contribution in [1.82, 2.24) is 24.8 Å². The normalized spacial score (nSPS) is 12.9. The summed E-state index contributed by atoms with van der Waals surface area (Å²) in [6.45, 7) is 4.69. The lowest BCUT2D eigenvalue weighted by atomic mass is 10.1. The van der Waals surface area contributed by atoms with Gasteiger partial charge in [-0.15, -0.1) is 0 Å². The molecule has 0 atom stereocenters. The fourth-order valence-corrected chi connectivity index (χ4v) is 5.49. The summed E-state index contributed by atoms with van der Waals surface area (Å²) in [6, 6.07) is 13.7. The van der Waals surface area contributed by atoms with Crippen LogP contribution in [0.3, 0.4) is 0 Å². The SMILES string of the molecule is COc1ccc(CNc2ncnc3c2c(-c2cc4ccc(C(=O)NC5CC5)cc4[nH]2)c(CN=[N+]=[N-])n3C(C)C)c(OC)c1. The van der Waals surface area contributed by atoms with Gasteiger partial charge in [0.15, 0.2) is 0 Å². The summed E-state index contributed by atoms with van der Waals surface area (Å²) in [6.07, 6.45) is 3.59. The van der Waals surface area contributed by atoms with Gasteiger partial charge in [0.1, 0.15) is 29.3 Å². The van der Waals surface area contributed by atoms with Crippen molar-refractivity contribution in [2.45, 2.75) is 51.9 Å². The third-order valence-electron chi connectivity index (χ3n) is 7.69. The lowest BCUT2D eigenvalue weighted by molar-refractivity contribution is 0.0951. The zero-order valence-electron chi connectivity index (χ0n) is 24.5. The number of benzene rings is 2. The van der Waals surface area contributed by atoms with Crippen LogP contribution in [0.25, 0.3) is 43.6 Å². The van der Waals surface area contributed by atoms with Gasteiger partial charge < -0.3 is 29.7 Å². The predicted molar refractivity (Wildman–Crippen MR) is 165 cm³/mol. The van der Waals surface area contributed by atoms with E-state index in [0.29, 0.717) is 29.4 Å². The predicted octanol–water partition coefficient (Wildman–Crippen LogP) is 6.49. The molecule has 1 saturated carbocycles. The molecular formula is C31H33N9O3. The van der Waals surface area contributed by atoms with Crippen molar-refractivity contribution >= 4 is 33.7 Å². The molecule has 12 nitrogen and oxygen atoms in total. The molecule has 0 aliphatic heterocycles. The molecule has 3 heterocycles. The number of methoxy groups -OCH3 is 2. The van der Waals surface area contributed by atoms with Crippen LogP contribution in [0.15, 0.2) is 53.9 Å². The Kier molecular flexibility index (Phi) is 7.52. The van der Waals surface area contributed by atoms with Gasteiger partial charge in [-0.3, -0.25) is 4.79 Å². The standard InChI is InChI=1S/C31H33N9O3/c1-17(2)40-25(15-36-39-32)27(24-11-18-5-6-19(12-23(18)38-24)31(41)37-21-8-9-21)28-29(34-16-35-30(28)40)33-14-20-7-10-22(42-3)13-26(20)43-4/h5-7,10-13,16-17,21,38H,8-9,14-15H2,1-4H3,(H,37,41)(H,33,34,35). The number of hydrogen-bond acceptors (Lipinski definition) is 7. The van der Waals surface area contributed by atoms with Gasteiger partial charge in [-0.2, -0.15) is 0 Å². The van der Waals surface area contributed by atoms with E-state index in [4.69, 9.17) is 9.47 Å². The van der Waals surface area contributed by atoms with Crippen LogP contribution in [0, 0.1) is 0 Å². The summed E-state index contributed by atoms with van der Waals surface area (Å²) in [5, 5.41) is 12.2. The highest BCUT2D eigenvalue weighted by atomic mass is 16.5. The van der Waals surface area contributed by atoms with E-state index in [-0.39, 0.29) is 24.5 Å². The maximum absolute atomic E-state index is 12.7. The van der Waals surface area contributed by atoms with Crippen LogP contribution in [0.5, 0.6) is 11.5 Å². The van der Waals surface area contributed by atoms with Crippen LogP contribution in [0.1, 0.15) is 54.3 Å². The van der Waals surface area contributed by atoms with Gasteiger partial charge in [-0.1, -0.05) is 11.2 Å². The highest BCUT2D eigenvalue weighted by Gasteiger charge is 2.26. The Balaban J connectivity index is 1.48. The molecule has 0 spiro atoms. The van der Waals surface area contributed by atoms with E-state index in [0.717, 1.165) is 57.3 Å². The Hall–Kier alpha value is -5.22. The molecule has 5 aromatic rings. The molecule has 1 aliphatic carbocycles. The minimum Gasteiger partial charge on any atom is -0.497 e. The van der Waals surface area contributed by atoms with Crippen molar-refractivity contribution in [1.29, 1.82) is 0 Å². The Morgan fingerprint density at radius 2 is 2.00 bits per heavy atom. The quantitative estimate of drug-likeness (QED) is 0.0922. The van der Waals surface area contributed by atoms with E-state index in [9.17, 15) is 10.3 Å². The summed E-state index contributed by atoms with van der Waals surface area (Å²) >= 11 is 0. The molecule has 0 bridgehead atoms. The lowest BCUT2D eigenvalue weighted by Crippen LogP contribution is -2.25. The van der Waals surface area contributed by atoms with Crippen LogP contribution >= 0.6 is 0 Å². The Morgan fingerprint density at radius 1 is 1.16 bits per heavy atom. The van der Waals surface area contributed by atoms with Crippen molar-refractivity contribution in [2.24, 2.45) is 5.11 Å². The zero-order chi connectivity index (χ0) is 30.1. The number of azide groups is 1. The Morgan fingerprint density at radius 3 is 2.72 bits per heavy atom. The molecule has 43 heavy (non-hydrogen) atoms. The smallest absolute Gasteiger partial charge is 0.251 e. The summed E-state index contributed by atoms with van der Waals surface area (Å²) in [4.78, 5) is 28.6. The average Bonchev–Trinajstić information content (AvgIpc) is 3.62. The number of hydrogen-bond donors (Lipinski definition) is 3. The van der Waals surface area contributed by atoms with Crippen LogP contribution in [0.4, 0.5) is 5.82 Å². The molecule has 0 unspecified atom stereocenters. The minimum atomic E-state index is -0.0742. The Bertz CT molecular complexity index is 1880. The molecule has 1 aliphatic rings. The first-order valence-corrected chi connectivity index (χ1v) is 14.2. The number of H-pyrrole nitrogens is 1. The largest absolute Gasteiger partial charge is 0.497 e. The minimum absolute atomic E-state index is 0.0201. The maximum atomic E-state index is 12.7. The number of fused-ring (bicyclic) bond motifs is 2. The van der Waals surface area contributed by atoms with Crippen LogP contribution < -0.4 is 20.1 Å². The van der Waals surface area contributed by atoms with Gasteiger partial charge >= 0.3 is 0 Å². The fourth-order valence-electron chi connectivity index (χ4n) is 5.49. The van der Waals surface area contributed by atoms with Gasteiger partial charge in [-0.05, 0) is 62.6 Å². The lowest BCUT2D eigenvalue weighted by Gasteiger charge is -2.13. The highest BCUT2D eigenvalue weighted by molar-refractivity contribution is 6.05. The van der Waals surface area contributed by atoms with Crippen LogP contribution in [0.2, 0.25) is 0 Å². The van der Waals surface area contributed by atoms with E-state index >= 15 is 0 Å². The third-order valence-corrected chi connectivity index (χ3v) is 7.69. The van der Waals surface area contributed by atoms with Crippen molar-refractivity contribution in [3.05, 3.63) is 76.1 Å². The summed E-state index contributed by atoms with van der Waals surface area (Å²) < 4.78 is 13.0. The molecule has 1 amide bonds. The highest BCUT2D eigenvalue weighted by Crippen LogP contribution is 2.41. The number of rotatable bonds is 11. The van der Waals surface area contributed by atoms with Gasteiger partial charge in [0.05, 0.1) is 26.2 Å². The van der Waals surface area contributed by atoms with Crippen molar-refractivity contribution in [3.63, 3.8) is 0 Å². The number of nitrogens with zero attached hydrogens (tertiary/aromatic N) is 6. The number of amides is 1.